The zero-order valence-corrected chi connectivity index (χ0v) is 28.8. The molecule has 6 heteroatoms. The third-order valence-electron chi connectivity index (χ3n) is 13.3. The van der Waals surface area contributed by atoms with Crippen molar-refractivity contribution in [1.29, 1.82) is 0 Å². The van der Waals surface area contributed by atoms with Crippen molar-refractivity contribution in [3.63, 3.8) is 0 Å². The largest absolute Gasteiger partial charge is 0.469 e. The van der Waals surface area contributed by atoms with E-state index < -0.39 is 0 Å². The van der Waals surface area contributed by atoms with E-state index in [1.165, 1.54) is 84.8 Å². The van der Waals surface area contributed by atoms with Crippen molar-refractivity contribution in [3.8, 4) is 0 Å². The molecule has 43 heavy (non-hydrogen) atoms. The maximum Gasteiger partial charge on any atom is 0.305 e. The number of nitrogens with one attached hydrogen (secondary N) is 2. The molecule has 4 saturated carbocycles. The third-order valence-corrected chi connectivity index (χ3v) is 13.3. The molecule has 0 aromatic heterocycles. The van der Waals surface area contributed by atoms with Gasteiger partial charge in [0.15, 0.2) is 0 Å². The Labute approximate surface area is 264 Å². The molecule has 0 radical (unpaired) electrons. The van der Waals surface area contributed by atoms with E-state index in [-0.39, 0.29) is 11.9 Å². The van der Waals surface area contributed by atoms with Gasteiger partial charge in [-0.1, -0.05) is 53.9 Å². The Kier molecular flexibility index (Phi) is 12.5. The van der Waals surface area contributed by atoms with Crippen LogP contribution in [0.4, 0.5) is 0 Å². The van der Waals surface area contributed by atoms with Gasteiger partial charge < -0.3 is 20.1 Å². The molecule has 0 aromatic rings. The number of carbonyl (C=O) groups excluding carboxylic acids is 2. The molecule has 10 atom stereocenters. The van der Waals surface area contributed by atoms with Crippen LogP contribution in [0.2, 0.25) is 0 Å². The van der Waals surface area contributed by atoms with E-state index in [4.69, 9.17) is 9.47 Å². The van der Waals surface area contributed by atoms with Gasteiger partial charge in [-0.2, -0.15) is 0 Å². The lowest BCUT2D eigenvalue weighted by molar-refractivity contribution is -0.141. The molecule has 0 aliphatic heterocycles. The van der Waals surface area contributed by atoms with E-state index in [2.05, 4.69) is 45.3 Å². The van der Waals surface area contributed by atoms with Crippen LogP contribution < -0.4 is 10.6 Å². The van der Waals surface area contributed by atoms with Crippen molar-refractivity contribution in [3.05, 3.63) is 0 Å². The Morgan fingerprint density at radius 2 is 1.40 bits per heavy atom. The molecule has 0 spiro atoms. The van der Waals surface area contributed by atoms with Crippen LogP contribution in [0, 0.1) is 52.3 Å². The summed E-state index contributed by atoms with van der Waals surface area (Å²) in [6.45, 7) is 14.5. The molecule has 0 bridgehead atoms. The summed E-state index contributed by atoms with van der Waals surface area (Å²) >= 11 is 0. The zero-order chi connectivity index (χ0) is 31.2. The first-order chi connectivity index (χ1) is 20.5. The van der Waals surface area contributed by atoms with Crippen molar-refractivity contribution >= 4 is 11.9 Å². The van der Waals surface area contributed by atoms with Gasteiger partial charge in [0.1, 0.15) is 0 Å². The monoisotopic (exact) mass is 603 g/mol. The molecular weight excluding hydrogens is 536 g/mol. The minimum absolute atomic E-state index is 0.0976. The zero-order valence-electron chi connectivity index (χ0n) is 28.8. The van der Waals surface area contributed by atoms with Gasteiger partial charge in [-0.05, 0) is 130 Å². The van der Waals surface area contributed by atoms with Crippen molar-refractivity contribution in [2.75, 3.05) is 27.3 Å². The molecule has 4 fully saturated rings. The molecule has 0 amide bonds. The fourth-order valence-corrected chi connectivity index (χ4v) is 11.0. The molecular formula is C37H66N2O4. The predicted molar refractivity (Wildman–Crippen MR) is 175 cm³/mol. The summed E-state index contributed by atoms with van der Waals surface area (Å²) in [6, 6.07) is 1.09. The SMILES string of the molecule is COC(=O)CCCN[C@@H]1CC[C@@]2(C)[C@H](C1)C[C@@H](NCCCC(=O)OC)[C@@H]1[C@@H]2CC[C@]2(C)[C@@H]([C@H](C)CCCC(C)C)CC[C@@H]12. The standard InChI is InChI=1S/C37H66N2O4/c1-25(2)11-8-12-26(3)29-15-16-30-35-31(18-20-37(29,30)5)36(4)19-17-28(38-21-9-13-33(40)42-6)23-27(36)24-32(35)39-22-10-14-34(41)43-7/h25-32,35,38-39H,8-24H2,1-7H3/t26-,27-,28-,29-,30+,31+,32-,35+,36+,37-/m1/s1. The number of hydrogen-bond donors (Lipinski definition) is 2. The topological polar surface area (TPSA) is 76.7 Å². The maximum atomic E-state index is 11.8. The molecule has 0 unspecified atom stereocenters. The molecule has 4 aliphatic rings. The highest BCUT2D eigenvalue weighted by Crippen LogP contribution is 2.68. The Bertz CT molecular complexity index is 909. The lowest BCUT2D eigenvalue weighted by Crippen LogP contribution is -2.62. The van der Waals surface area contributed by atoms with E-state index >= 15 is 0 Å². The first-order valence-electron chi connectivity index (χ1n) is 18.1. The van der Waals surface area contributed by atoms with E-state index in [9.17, 15) is 9.59 Å². The fourth-order valence-electron chi connectivity index (χ4n) is 11.0. The molecule has 248 valence electrons. The number of esters is 2. The van der Waals surface area contributed by atoms with Crippen LogP contribution in [0.3, 0.4) is 0 Å². The van der Waals surface area contributed by atoms with Gasteiger partial charge in [0, 0.05) is 24.9 Å². The highest BCUT2D eigenvalue weighted by atomic mass is 16.5. The summed E-state index contributed by atoms with van der Waals surface area (Å²) in [5, 5.41) is 7.89. The smallest absolute Gasteiger partial charge is 0.305 e. The molecule has 4 aliphatic carbocycles. The minimum atomic E-state index is -0.110. The van der Waals surface area contributed by atoms with E-state index in [1.54, 1.807) is 0 Å². The van der Waals surface area contributed by atoms with E-state index in [1.807, 2.05) is 0 Å². The Morgan fingerprint density at radius 1 is 0.767 bits per heavy atom. The van der Waals surface area contributed by atoms with Gasteiger partial charge >= 0.3 is 11.9 Å². The maximum absolute atomic E-state index is 11.8. The lowest BCUT2D eigenvalue weighted by Gasteiger charge is -2.63. The highest BCUT2D eigenvalue weighted by Gasteiger charge is 2.62. The van der Waals surface area contributed by atoms with Gasteiger partial charge in [0.25, 0.3) is 0 Å². The number of methoxy groups -OCH3 is 2. The molecule has 0 heterocycles. The Morgan fingerprint density at radius 3 is 2.05 bits per heavy atom. The van der Waals surface area contributed by atoms with Gasteiger partial charge in [-0.15, -0.1) is 0 Å². The van der Waals surface area contributed by atoms with Crippen LogP contribution >= 0.6 is 0 Å². The quantitative estimate of drug-likeness (QED) is 0.149. The third kappa shape index (κ3) is 7.99. The number of hydrogen-bond acceptors (Lipinski definition) is 6. The minimum Gasteiger partial charge on any atom is -0.469 e. The van der Waals surface area contributed by atoms with Gasteiger partial charge in [-0.3, -0.25) is 9.59 Å². The number of carbonyl (C=O) groups is 2. The van der Waals surface area contributed by atoms with E-state index in [0.29, 0.717) is 35.8 Å². The van der Waals surface area contributed by atoms with Gasteiger partial charge in [0.2, 0.25) is 0 Å². The average molecular weight is 603 g/mol. The summed E-state index contributed by atoms with van der Waals surface area (Å²) in [5.74, 6) is 5.35. The summed E-state index contributed by atoms with van der Waals surface area (Å²) < 4.78 is 9.76. The van der Waals surface area contributed by atoms with Crippen LogP contribution in [0.5, 0.6) is 0 Å². The average Bonchev–Trinajstić information content (AvgIpc) is 3.34. The fraction of sp³-hybridized carbons (Fsp3) is 0.946. The van der Waals surface area contributed by atoms with Crippen LogP contribution in [-0.2, 0) is 19.1 Å². The van der Waals surface area contributed by atoms with Crippen molar-refractivity contribution in [1.82, 2.24) is 10.6 Å². The van der Waals surface area contributed by atoms with Gasteiger partial charge in [-0.25, -0.2) is 0 Å². The second kappa shape index (κ2) is 15.4. The normalized spacial score (nSPS) is 37.7. The Balaban J connectivity index is 1.47. The van der Waals surface area contributed by atoms with Crippen LogP contribution in [-0.4, -0.2) is 51.3 Å². The number of rotatable bonds is 15. The summed E-state index contributed by atoms with van der Waals surface area (Å²) in [6.07, 6.45) is 17.5. The van der Waals surface area contributed by atoms with Crippen LogP contribution in [0.15, 0.2) is 0 Å². The second-order valence-corrected chi connectivity index (χ2v) is 16.1. The first-order valence-corrected chi connectivity index (χ1v) is 18.1. The highest BCUT2D eigenvalue weighted by molar-refractivity contribution is 5.69. The summed E-state index contributed by atoms with van der Waals surface area (Å²) in [7, 11) is 2.97. The van der Waals surface area contributed by atoms with Crippen LogP contribution in [0.25, 0.3) is 0 Å². The van der Waals surface area contributed by atoms with Crippen molar-refractivity contribution < 1.29 is 19.1 Å². The van der Waals surface area contributed by atoms with Gasteiger partial charge in [0.05, 0.1) is 14.2 Å². The predicted octanol–water partition coefficient (Wildman–Crippen LogP) is 7.54. The van der Waals surface area contributed by atoms with Crippen molar-refractivity contribution in [2.45, 2.75) is 143 Å². The first kappa shape index (κ1) is 34.7. The second-order valence-electron chi connectivity index (χ2n) is 16.1. The molecule has 0 aromatic carbocycles. The Hall–Kier alpha value is -1.14. The molecule has 0 saturated heterocycles. The number of ether oxygens (including phenoxy) is 2. The summed E-state index contributed by atoms with van der Waals surface area (Å²) in [5.41, 5.74) is 0.882. The van der Waals surface area contributed by atoms with E-state index in [0.717, 1.165) is 67.4 Å². The molecule has 6 nitrogen and oxygen atoms in total. The lowest BCUT2D eigenvalue weighted by atomic mass is 9.43. The van der Waals surface area contributed by atoms with Crippen molar-refractivity contribution in [2.24, 2.45) is 52.3 Å². The number of fused-ring (bicyclic) bond motifs is 5. The summed E-state index contributed by atoms with van der Waals surface area (Å²) in [4.78, 5) is 23.4. The molecule has 4 rings (SSSR count). The molecule has 2 N–H and O–H groups in total. The van der Waals surface area contributed by atoms with Crippen LogP contribution in [0.1, 0.15) is 131 Å².